The van der Waals surface area contributed by atoms with E-state index in [1.54, 1.807) is 0 Å². The lowest BCUT2D eigenvalue weighted by Crippen LogP contribution is -2.25. The molecular formula is C14H14O2. The molecule has 2 aromatic carbocycles. The summed E-state index contributed by atoms with van der Waals surface area (Å²) in [6.45, 7) is 0. The van der Waals surface area contributed by atoms with Crippen molar-refractivity contribution >= 4 is 10.8 Å². The first-order valence-corrected chi connectivity index (χ1v) is 5.64. The molecule has 2 nitrogen and oxygen atoms in total. The Morgan fingerprint density at radius 2 is 1.81 bits per heavy atom. The summed E-state index contributed by atoms with van der Waals surface area (Å²) in [4.78, 5) is 0. The minimum absolute atomic E-state index is 0.627. The largest absolute Gasteiger partial charge is 0.390 e. The number of rotatable bonds is 0. The van der Waals surface area contributed by atoms with E-state index < -0.39 is 12.2 Å². The summed E-state index contributed by atoms with van der Waals surface area (Å²) in [6.07, 6.45) is 0.124. The molecule has 0 amide bonds. The average molecular weight is 214 g/mol. The van der Waals surface area contributed by atoms with E-state index in [0.29, 0.717) is 6.42 Å². The zero-order chi connectivity index (χ0) is 11.1. The van der Waals surface area contributed by atoms with Gasteiger partial charge in [0.2, 0.25) is 0 Å². The van der Waals surface area contributed by atoms with Crippen LogP contribution in [0.15, 0.2) is 36.4 Å². The minimum atomic E-state index is -0.741. The molecule has 2 N–H and O–H groups in total. The minimum Gasteiger partial charge on any atom is -0.390 e. The van der Waals surface area contributed by atoms with Gasteiger partial charge in [-0.2, -0.15) is 0 Å². The van der Waals surface area contributed by atoms with Crippen LogP contribution in [0.1, 0.15) is 23.7 Å². The van der Waals surface area contributed by atoms with Gasteiger partial charge in [0.05, 0.1) is 6.10 Å². The van der Waals surface area contributed by atoms with Crippen molar-refractivity contribution in [2.75, 3.05) is 0 Å². The van der Waals surface area contributed by atoms with Crippen LogP contribution in [0.5, 0.6) is 0 Å². The third-order valence-corrected chi connectivity index (χ3v) is 3.43. The molecule has 16 heavy (non-hydrogen) atoms. The molecule has 2 atom stereocenters. The lowest BCUT2D eigenvalue weighted by Gasteiger charge is -2.27. The Balaban J connectivity index is 2.32. The molecule has 2 heteroatoms. The van der Waals surface area contributed by atoms with Crippen molar-refractivity contribution in [3.05, 3.63) is 47.5 Å². The normalized spacial score (nSPS) is 24.4. The zero-order valence-corrected chi connectivity index (χ0v) is 8.93. The van der Waals surface area contributed by atoms with Gasteiger partial charge in [-0.1, -0.05) is 36.4 Å². The van der Waals surface area contributed by atoms with E-state index in [1.165, 1.54) is 0 Å². The Morgan fingerprint density at radius 1 is 1.00 bits per heavy atom. The highest BCUT2D eigenvalue weighted by Crippen LogP contribution is 2.35. The Labute approximate surface area is 94.2 Å². The fraction of sp³-hybridized carbons (Fsp3) is 0.286. The standard InChI is InChI=1S/C14H14O2/c15-12-8-7-10-6-5-9-3-1-2-4-11(9)13(10)14(12)16/h1-6,12,14-16H,7-8H2. The molecule has 1 aliphatic rings. The zero-order valence-electron chi connectivity index (χ0n) is 8.93. The summed E-state index contributed by atoms with van der Waals surface area (Å²) in [5.41, 5.74) is 2.08. The van der Waals surface area contributed by atoms with Gasteiger partial charge in [-0.05, 0) is 34.7 Å². The number of fused-ring (bicyclic) bond motifs is 3. The summed E-state index contributed by atoms with van der Waals surface area (Å²) < 4.78 is 0. The fourth-order valence-corrected chi connectivity index (χ4v) is 2.56. The summed E-state index contributed by atoms with van der Waals surface area (Å²) in [6, 6.07) is 12.1. The molecule has 0 saturated heterocycles. The van der Waals surface area contributed by atoms with Crippen LogP contribution >= 0.6 is 0 Å². The van der Waals surface area contributed by atoms with Gasteiger partial charge in [0.15, 0.2) is 0 Å². The van der Waals surface area contributed by atoms with Crippen molar-refractivity contribution in [2.45, 2.75) is 25.0 Å². The molecule has 0 radical (unpaired) electrons. The molecule has 0 fully saturated rings. The summed E-state index contributed by atoms with van der Waals surface area (Å²) in [7, 11) is 0. The van der Waals surface area contributed by atoms with Crippen LogP contribution in [-0.4, -0.2) is 16.3 Å². The van der Waals surface area contributed by atoms with Crippen molar-refractivity contribution < 1.29 is 10.2 Å². The van der Waals surface area contributed by atoms with E-state index in [2.05, 4.69) is 12.1 Å². The van der Waals surface area contributed by atoms with Gasteiger partial charge in [-0.3, -0.25) is 0 Å². The van der Waals surface area contributed by atoms with Gasteiger partial charge in [0, 0.05) is 0 Å². The number of aliphatic hydroxyl groups excluding tert-OH is 2. The third kappa shape index (κ3) is 1.34. The summed E-state index contributed by atoms with van der Waals surface area (Å²) in [5.74, 6) is 0. The van der Waals surface area contributed by atoms with Crippen LogP contribution in [0, 0.1) is 0 Å². The number of benzene rings is 2. The molecular weight excluding hydrogens is 200 g/mol. The second-order valence-corrected chi connectivity index (χ2v) is 4.41. The van der Waals surface area contributed by atoms with Crippen molar-refractivity contribution in [2.24, 2.45) is 0 Å². The Bertz CT molecular complexity index is 533. The van der Waals surface area contributed by atoms with Crippen molar-refractivity contribution in [3.63, 3.8) is 0 Å². The molecule has 0 aromatic heterocycles. The molecule has 0 heterocycles. The molecule has 0 bridgehead atoms. The number of hydrogen-bond acceptors (Lipinski definition) is 2. The lowest BCUT2D eigenvalue weighted by molar-refractivity contribution is 0.00747. The first-order valence-electron chi connectivity index (χ1n) is 5.64. The monoisotopic (exact) mass is 214 g/mol. The second-order valence-electron chi connectivity index (χ2n) is 4.41. The van der Waals surface area contributed by atoms with E-state index >= 15 is 0 Å². The number of aryl methyl sites for hydroxylation is 1. The van der Waals surface area contributed by atoms with Gasteiger partial charge >= 0.3 is 0 Å². The fourth-order valence-electron chi connectivity index (χ4n) is 2.56. The lowest BCUT2D eigenvalue weighted by atomic mass is 9.84. The highest BCUT2D eigenvalue weighted by atomic mass is 16.3. The molecule has 3 rings (SSSR count). The topological polar surface area (TPSA) is 40.5 Å². The van der Waals surface area contributed by atoms with Crippen LogP contribution in [0.25, 0.3) is 10.8 Å². The maximum atomic E-state index is 10.1. The van der Waals surface area contributed by atoms with Crippen molar-refractivity contribution in [1.82, 2.24) is 0 Å². The van der Waals surface area contributed by atoms with E-state index in [0.717, 1.165) is 28.3 Å². The van der Waals surface area contributed by atoms with Crippen LogP contribution in [0.2, 0.25) is 0 Å². The molecule has 1 aliphatic carbocycles. The van der Waals surface area contributed by atoms with Crippen LogP contribution in [-0.2, 0) is 6.42 Å². The maximum Gasteiger partial charge on any atom is 0.106 e. The Morgan fingerprint density at radius 3 is 2.69 bits per heavy atom. The molecule has 2 unspecified atom stereocenters. The average Bonchev–Trinajstić information content (AvgIpc) is 2.33. The number of aliphatic hydroxyl groups is 2. The summed E-state index contributed by atoms with van der Waals surface area (Å²) >= 11 is 0. The third-order valence-electron chi connectivity index (χ3n) is 3.43. The SMILES string of the molecule is OC1CCc2ccc3ccccc3c2C1O. The first kappa shape index (κ1) is 9.82. The van der Waals surface area contributed by atoms with Gasteiger partial charge in [0.1, 0.15) is 6.10 Å². The Kier molecular flexibility index (Phi) is 2.20. The van der Waals surface area contributed by atoms with Crippen LogP contribution in [0.4, 0.5) is 0 Å². The van der Waals surface area contributed by atoms with Gasteiger partial charge in [-0.25, -0.2) is 0 Å². The number of hydrogen-bond donors (Lipinski definition) is 2. The van der Waals surface area contributed by atoms with E-state index in [4.69, 9.17) is 0 Å². The quantitative estimate of drug-likeness (QED) is 0.705. The van der Waals surface area contributed by atoms with Crippen LogP contribution < -0.4 is 0 Å². The molecule has 0 saturated carbocycles. The maximum absolute atomic E-state index is 10.1. The molecule has 82 valence electrons. The van der Waals surface area contributed by atoms with Gasteiger partial charge in [0.25, 0.3) is 0 Å². The van der Waals surface area contributed by atoms with Crippen molar-refractivity contribution in [1.29, 1.82) is 0 Å². The van der Waals surface area contributed by atoms with E-state index in [-0.39, 0.29) is 0 Å². The highest BCUT2D eigenvalue weighted by molar-refractivity contribution is 5.87. The molecule has 0 spiro atoms. The van der Waals surface area contributed by atoms with Gasteiger partial charge in [-0.15, -0.1) is 0 Å². The first-order chi connectivity index (χ1) is 7.77. The summed E-state index contributed by atoms with van der Waals surface area (Å²) in [5, 5.41) is 22.0. The predicted molar refractivity (Wildman–Crippen MR) is 63.2 cm³/mol. The van der Waals surface area contributed by atoms with E-state index in [1.807, 2.05) is 24.3 Å². The van der Waals surface area contributed by atoms with Gasteiger partial charge < -0.3 is 10.2 Å². The predicted octanol–water partition coefficient (Wildman–Crippen LogP) is 2.18. The Hall–Kier alpha value is -1.38. The van der Waals surface area contributed by atoms with Crippen molar-refractivity contribution in [3.8, 4) is 0 Å². The van der Waals surface area contributed by atoms with Crippen LogP contribution in [0.3, 0.4) is 0 Å². The molecule has 0 aliphatic heterocycles. The second kappa shape index (κ2) is 3.58. The molecule has 2 aromatic rings. The smallest absolute Gasteiger partial charge is 0.106 e. The van der Waals surface area contributed by atoms with E-state index in [9.17, 15) is 10.2 Å². The highest BCUT2D eigenvalue weighted by Gasteiger charge is 2.27.